The Morgan fingerprint density at radius 1 is 1.03 bits per heavy atom. The Bertz CT molecular complexity index is 628. The predicted octanol–water partition coefficient (Wildman–Crippen LogP) is 3.74. The molecule has 0 aliphatic heterocycles. The van der Waals surface area contributed by atoms with Gasteiger partial charge in [0.05, 0.1) is 19.3 Å². The molecular formula is C20H40O6Si3. The van der Waals surface area contributed by atoms with Gasteiger partial charge in [-0.3, -0.25) is 0 Å². The monoisotopic (exact) mass is 460 g/mol. The number of methoxy groups -OCH3 is 1. The molecule has 0 spiro atoms. The maximum Gasteiger partial charge on any atom is 0.337 e. The summed E-state index contributed by atoms with van der Waals surface area (Å²) in [5.74, 6) is 2.09. The minimum absolute atomic E-state index is 0.0296. The molecule has 9 heteroatoms. The predicted molar refractivity (Wildman–Crippen MR) is 123 cm³/mol. The first-order chi connectivity index (χ1) is 12.9. The molecule has 0 saturated heterocycles. The summed E-state index contributed by atoms with van der Waals surface area (Å²) < 4.78 is 24.5. The summed E-state index contributed by atoms with van der Waals surface area (Å²) in [4.78, 5) is 13.0. The molecule has 0 aromatic heterocycles. The number of carbonyl (C=O) groups excluding carboxylic acids is 1. The fraction of sp³-hybridized carbons (Fsp3) is 0.850. The molecular weight excluding hydrogens is 420 g/mol. The van der Waals surface area contributed by atoms with Crippen molar-refractivity contribution in [2.24, 2.45) is 0 Å². The third-order valence-corrected chi connectivity index (χ3v) is 7.42. The van der Waals surface area contributed by atoms with Crippen LogP contribution in [0.15, 0.2) is 0 Å². The van der Waals surface area contributed by atoms with Gasteiger partial charge in [0.1, 0.15) is 5.60 Å². The number of hydrogen-bond acceptors (Lipinski definition) is 6. The smallest absolute Gasteiger partial charge is 0.337 e. The van der Waals surface area contributed by atoms with E-state index in [4.69, 9.17) is 24.4 Å². The van der Waals surface area contributed by atoms with E-state index in [0.29, 0.717) is 0 Å². The molecule has 0 radical (unpaired) electrons. The van der Waals surface area contributed by atoms with Crippen LogP contribution in [0.3, 0.4) is 0 Å². The molecule has 1 aliphatic carbocycles. The molecule has 1 aliphatic rings. The van der Waals surface area contributed by atoms with E-state index in [1.54, 1.807) is 0 Å². The standard InChI is InChI=1S/C20H40O6Si3/c1-12-13-19(22)15-20(18(21)23-2,26-29(9,10)11)14-16(24-27(3,4)5)17(19)25-28(6,7)8/h1,16-17,22H,13-15H2,2-11H3/t16-,17+,19+,20-/m1/s1. The van der Waals surface area contributed by atoms with Gasteiger partial charge in [0, 0.05) is 19.3 Å². The van der Waals surface area contributed by atoms with Gasteiger partial charge in [-0.05, 0) is 58.9 Å². The molecule has 6 nitrogen and oxygen atoms in total. The molecule has 4 atom stereocenters. The van der Waals surface area contributed by atoms with Crippen LogP contribution in [0.1, 0.15) is 19.3 Å². The van der Waals surface area contributed by atoms with Gasteiger partial charge in [-0.1, -0.05) is 0 Å². The second-order valence-corrected chi connectivity index (χ2v) is 24.3. The maximum atomic E-state index is 13.0. The zero-order valence-electron chi connectivity index (χ0n) is 19.8. The molecule has 0 bridgehead atoms. The van der Waals surface area contributed by atoms with Crippen LogP contribution >= 0.6 is 0 Å². The quantitative estimate of drug-likeness (QED) is 0.338. The number of ether oxygens (including phenoxy) is 1. The van der Waals surface area contributed by atoms with Crippen LogP contribution in [0.25, 0.3) is 0 Å². The minimum atomic E-state index is -2.18. The Balaban J connectivity index is 3.59. The molecule has 29 heavy (non-hydrogen) atoms. The zero-order chi connectivity index (χ0) is 22.9. The van der Waals surface area contributed by atoms with Crippen LogP contribution in [0, 0.1) is 12.3 Å². The number of esters is 1. The summed E-state index contributed by atoms with van der Waals surface area (Å²) in [6.07, 6.45) is 4.84. The Kier molecular flexibility index (Phi) is 8.19. The zero-order valence-corrected chi connectivity index (χ0v) is 22.8. The van der Waals surface area contributed by atoms with Gasteiger partial charge in [0.15, 0.2) is 30.6 Å². The highest BCUT2D eigenvalue weighted by Crippen LogP contribution is 2.46. The van der Waals surface area contributed by atoms with Crippen LogP contribution in [-0.2, 0) is 22.8 Å². The van der Waals surface area contributed by atoms with Crippen molar-refractivity contribution in [3.8, 4) is 12.3 Å². The summed E-state index contributed by atoms with van der Waals surface area (Å²) in [6.45, 7) is 18.5. The largest absolute Gasteiger partial charge is 0.467 e. The molecule has 0 amide bonds. The molecule has 0 aromatic carbocycles. The van der Waals surface area contributed by atoms with E-state index < -0.39 is 54.3 Å². The molecule has 1 N–H and O–H groups in total. The average molecular weight is 461 g/mol. The summed E-state index contributed by atoms with van der Waals surface area (Å²) >= 11 is 0. The SMILES string of the molecule is C#CC[C@]1(O)C[C@@](O[Si](C)(C)C)(C(=O)OC)C[C@@H](O[Si](C)(C)C)[C@@H]1O[Si](C)(C)C. The van der Waals surface area contributed by atoms with Crippen LogP contribution in [-0.4, -0.2) is 66.5 Å². The lowest BCUT2D eigenvalue weighted by Crippen LogP contribution is -2.68. The number of rotatable bonds is 8. The maximum absolute atomic E-state index is 13.0. The third-order valence-electron chi connectivity index (χ3n) is 4.44. The van der Waals surface area contributed by atoms with Crippen molar-refractivity contribution in [2.75, 3.05) is 7.11 Å². The van der Waals surface area contributed by atoms with E-state index in [1.165, 1.54) is 7.11 Å². The highest BCUT2D eigenvalue weighted by Gasteiger charge is 2.61. The highest BCUT2D eigenvalue weighted by molar-refractivity contribution is 6.70. The first kappa shape index (κ1) is 26.6. The van der Waals surface area contributed by atoms with Crippen LogP contribution in [0.5, 0.6) is 0 Å². The van der Waals surface area contributed by atoms with Crippen molar-refractivity contribution in [2.45, 2.75) is 102 Å². The Morgan fingerprint density at radius 2 is 1.55 bits per heavy atom. The first-order valence-corrected chi connectivity index (χ1v) is 20.4. The topological polar surface area (TPSA) is 74.2 Å². The lowest BCUT2D eigenvalue weighted by atomic mass is 9.70. The fourth-order valence-corrected chi connectivity index (χ4v) is 7.62. The van der Waals surface area contributed by atoms with Gasteiger partial charge >= 0.3 is 5.97 Å². The van der Waals surface area contributed by atoms with E-state index in [9.17, 15) is 9.90 Å². The van der Waals surface area contributed by atoms with Gasteiger partial charge in [0.2, 0.25) is 0 Å². The number of terminal acetylenes is 1. The normalized spacial score (nSPS) is 31.2. The van der Waals surface area contributed by atoms with Gasteiger partial charge < -0.3 is 23.1 Å². The Hall–Kier alpha value is -0.479. The number of carbonyl (C=O) groups is 1. The molecule has 168 valence electrons. The van der Waals surface area contributed by atoms with Crippen molar-refractivity contribution < 1.29 is 27.9 Å². The lowest BCUT2D eigenvalue weighted by Gasteiger charge is -2.54. The van der Waals surface area contributed by atoms with E-state index in [0.717, 1.165) is 0 Å². The summed E-state index contributed by atoms with van der Waals surface area (Å²) in [5, 5.41) is 11.8. The van der Waals surface area contributed by atoms with Gasteiger partial charge in [-0.2, -0.15) is 0 Å². The van der Waals surface area contributed by atoms with Crippen molar-refractivity contribution in [3.63, 3.8) is 0 Å². The molecule has 0 unspecified atom stereocenters. The van der Waals surface area contributed by atoms with E-state index in [2.05, 4.69) is 45.2 Å². The van der Waals surface area contributed by atoms with Crippen LogP contribution in [0.4, 0.5) is 0 Å². The van der Waals surface area contributed by atoms with Crippen molar-refractivity contribution in [1.29, 1.82) is 0 Å². The van der Waals surface area contributed by atoms with Crippen molar-refractivity contribution in [3.05, 3.63) is 0 Å². The van der Waals surface area contributed by atoms with E-state index >= 15 is 0 Å². The molecule has 1 rings (SSSR count). The Labute approximate surface area is 180 Å². The summed E-state index contributed by atoms with van der Waals surface area (Å²) in [6, 6.07) is 0. The second kappa shape index (κ2) is 8.94. The highest BCUT2D eigenvalue weighted by atomic mass is 28.4. The van der Waals surface area contributed by atoms with Crippen LogP contribution < -0.4 is 0 Å². The van der Waals surface area contributed by atoms with Gasteiger partial charge in [0.25, 0.3) is 0 Å². The van der Waals surface area contributed by atoms with Gasteiger partial charge in [-0.15, -0.1) is 12.3 Å². The summed E-state index contributed by atoms with van der Waals surface area (Å²) in [5.41, 5.74) is -2.76. The number of aliphatic hydroxyl groups is 1. The number of hydrogen-bond donors (Lipinski definition) is 1. The Morgan fingerprint density at radius 3 is 1.93 bits per heavy atom. The molecule has 1 fully saturated rings. The van der Waals surface area contributed by atoms with Crippen LogP contribution in [0.2, 0.25) is 58.9 Å². The lowest BCUT2D eigenvalue weighted by molar-refractivity contribution is -0.205. The first-order valence-electron chi connectivity index (χ1n) is 10.2. The molecule has 1 saturated carbocycles. The summed E-state index contributed by atoms with van der Waals surface area (Å²) in [7, 11) is -4.92. The fourth-order valence-electron chi connectivity index (χ4n) is 3.96. The van der Waals surface area contributed by atoms with Gasteiger partial charge in [-0.25, -0.2) is 4.79 Å². The molecule has 0 aromatic rings. The van der Waals surface area contributed by atoms with Crippen molar-refractivity contribution >= 4 is 30.9 Å². The molecule has 0 heterocycles. The minimum Gasteiger partial charge on any atom is -0.467 e. The third kappa shape index (κ3) is 7.61. The van der Waals surface area contributed by atoms with Crippen molar-refractivity contribution in [1.82, 2.24) is 0 Å². The second-order valence-electron chi connectivity index (χ2n) is 11.0. The average Bonchev–Trinajstić information content (AvgIpc) is 2.46. The van der Waals surface area contributed by atoms with E-state index in [1.807, 2.05) is 19.6 Å². The van der Waals surface area contributed by atoms with E-state index in [-0.39, 0.29) is 19.3 Å².